The lowest BCUT2D eigenvalue weighted by atomic mass is 10.1. The van der Waals surface area contributed by atoms with Gasteiger partial charge in [0.15, 0.2) is 0 Å². The first-order valence-electron chi connectivity index (χ1n) is 11.8. The van der Waals surface area contributed by atoms with Crippen LogP contribution in [0.2, 0.25) is 0 Å². The van der Waals surface area contributed by atoms with Gasteiger partial charge < -0.3 is 15.4 Å². The van der Waals surface area contributed by atoms with Crippen molar-refractivity contribution >= 4 is 27.8 Å². The highest BCUT2D eigenvalue weighted by Gasteiger charge is 2.16. The van der Waals surface area contributed by atoms with Crippen LogP contribution in [-0.2, 0) is 0 Å². The van der Waals surface area contributed by atoms with Crippen LogP contribution in [-0.4, -0.2) is 46.5 Å². The number of hydrogen-bond acceptors (Lipinski definition) is 7. The van der Waals surface area contributed by atoms with Crippen molar-refractivity contribution in [1.82, 2.24) is 35.1 Å². The topological polar surface area (TPSA) is 128 Å². The quantitative estimate of drug-likeness (QED) is 0.234. The Balaban J connectivity index is 1.40. The van der Waals surface area contributed by atoms with E-state index in [9.17, 15) is 5.11 Å². The van der Waals surface area contributed by atoms with Gasteiger partial charge in [0, 0.05) is 41.3 Å². The summed E-state index contributed by atoms with van der Waals surface area (Å²) in [5.41, 5.74) is 8.28. The van der Waals surface area contributed by atoms with Gasteiger partial charge >= 0.3 is 0 Å². The largest absolute Gasteiger partial charge is 0.374 e. The van der Waals surface area contributed by atoms with Crippen molar-refractivity contribution in [3.63, 3.8) is 0 Å². The second-order valence-corrected chi connectivity index (χ2v) is 8.62. The van der Waals surface area contributed by atoms with Gasteiger partial charge in [0.2, 0.25) is 0 Å². The molecule has 9 heteroatoms. The first kappa shape index (κ1) is 21.9. The molecule has 6 aromatic rings. The standard InChI is InChI=1S/C27H24N8O/c1-2-4-24(36)31-18-11-17(14-29-15-18)21-6-7-22-25(32-21)26(35-34-22)23-12-20-19(8-10-30-27(20)33-23)16-5-3-9-28-13-16/h3,5-15,24,31,36H,2,4H2,1H3,(H,30,33)(H,34,35). The minimum atomic E-state index is -0.616. The van der Waals surface area contributed by atoms with Crippen LogP contribution in [0.25, 0.3) is 55.8 Å². The minimum absolute atomic E-state index is 0.616. The number of H-pyrrole nitrogens is 2. The molecule has 36 heavy (non-hydrogen) atoms. The number of hydrogen-bond donors (Lipinski definition) is 4. The normalized spacial score (nSPS) is 12.3. The molecule has 6 aromatic heterocycles. The van der Waals surface area contributed by atoms with E-state index >= 15 is 0 Å². The number of aromatic nitrogens is 7. The zero-order valence-corrected chi connectivity index (χ0v) is 19.6. The van der Waals surface area contributed by atoms with Crippen LogP contribution in [0.1, 0.15) is 19.8 Å². The third kappa shape index (κ3) is 4.05. The van der Waals surface area contributed by atoms with Crippen molar-refractivity contribution < 1.29 is 5.11 Å². The van der Waals surface area contributed by atoms with E-state index in [0.717, 1.165) is 62.3 Å². The monoisotopic (exact) mass is 476 g/mol. The van der Waals surface area contributed by atoms with Crippen molar-refractivity contribution in [3.8, 4) is 33.8 Å². The summed E-state index contributed by atoms with van der Waals surface area (Å²) < 4.78 is 0. The van der Waals surface area contributed by atoms with Gasteiger partial charge in [0.05, 0.1) is 28.8 Å². The summed E-state index contributed by atoms with van der Waals surface area (Å²) in [4.78, 5) is 21.4. The molecule has 0 spiro atoms. The van der Waals surface area contributed by atoms with E-state index in [2.05, 4.69) is 41.5 Å². The molecule has 1 atom stereocenters. The number of nitrogens with zero attached hydrogens (tertiary/aromatic N) is 5. The van der Waals surface area contributed by atoms with Crippen molar-refractivity contribution in [2.45, 2.75) is 26.0 Å². The molecular formula is C27H24N8O. The molecule has 1 unspecified atom stereocenters. The highest BCUT2D eigenvalue weighted by Crippen LogP contribution is 2.33. The Kier molecular flexibility index (Phi) is 5.59. The van der Waals surface area contributed by atoms with E-state index in [-0.39, 0.29) is 0 Å². The molecule has 9 nitrogen and oxygen atoms in total. The fourth-order valence-corrected chi connectivity index (χ4v) is 4.37. The number of aliphatic hydroxyl groups excluding tert-OH is 1. The molecule has 0 saturated carbocycles. The first-order valence-corrected chi connectivity index (χ1v) is 11.8. The molecule has 6 heterocycles. The van der Waals surface area contributed by atoms with Gasteiger partial charge in [-0.05, 0) is 48.4 Å². The van der Waals surface area contributed by atoms with Crippen LogP contribution in [0, 0.1) is 0 Å². The molecule has 6 rings (SSSR count). The minimum Gasteiger partial charge on any atom is -0.374 e. The van der Waals surface area contributed by atoms with E-state index in [1.807, 2.05) is 49.5 Å². The molecule has 0 saturated heterocycles. The van der Waals surface area contributed by atoms with Crippen LogP contribution in [0.3, 0.4) is 0 Å². The summed E-state index contributed by atoms with van der Waals surface area (Å²) >= 11 is 0. The molecular weight excluding hydrogens is 452 g/mol. The van der Waals surface area contributed by atoms with Crippen molar-refractivity contribution in [1.29, 1.82) is 0 Å². The maximum atomic E-state index is 10.1. The molecule has 0 amide bonds. The van der Waals surface area contributed by atoms with Gasteiger partial charge in [-0.2, -0.15) is 5.10 Å². The van der Waals surface area contributed by atoms with E-state index in [0.29, 0.717) is 12.1 Å². The van der Waals surface area contributed by atoms with E-state index in [4.69, 9.17) is 4.98 Å². The lowest BCUT2D eigenvalue weighted by Crippen LogP contribution is -2.18. The van der Waals surface area contributed by atoms with E-state index < -0.39 is 6.23 Å². The number of aliphatic hydroxyl groups is 1. The second-order valence-electron chi connectivity index (χ2n) is 8.62. The average Bonchev–Trinajstić information content (AvgIpc) is 3.53. The number of anilines is 1. The maximum absolute atomic E-state index is 10.1. The Hall–Kier alpha value is -4.63. The van der Waals surface area contributed by atoms with Crippen molar-refractivity contribution in [2.24, 2.45) is 0 Å². The van der Waals surface area contributed by atoms with Crippen LogP contribution < -0.4 is 5.32 Å². The zero-order valence-electron chi connectivity index (χ0n) is 19.6. The van der Waals surface area contributed by atoms with Crippen LogP contribution in [0.5, 0.6) is 0 Å². The molecule has 0 fully saturated rings. The highest BCUT2D eigenvalue weighted by atomic mass is 16.3. The van der Waals surface area contributed by atoms with Gasteiger partial charge in [-0.3, -0.25) is 15.1 Å². The highest BCUT2D eigenvalue weighted by molar-refractivity contribution is 5.98. The average molecular weight is 477 g/mol. The molecule has 0 bridgehead atoms. The number of aromatic amines is 2. The lowest BCUT2D eigenvalue weighted by Gasteiger charge is -2.13. The third-order valence-corrected chi connectivity index (χ3v) is 6.10. The predicted octanol–water partition coefficient (Wildman–Crippen LogP) is 5.16. The van der Waals surface area contributed by atoms with Crippen molar-refractivity contribution in [3.05, 3.63) is 73.4 Å². The summed E-state index contributed by atoms with van der Waals surface area (Å²) in [6, 6.07) is 13.8. The first-order chi connectivity index (χ1) is 17.7. The predicted molar refractivity (Wildman–Crippen MR) is 140 cm³/mol. The van der Waals surface area contributed by atoms with E-state index in [1.165, 1.54) is 0 Å². The SMILES string of the molecule is CCCC(O)Nc1cncc(-c2ccc3[nH]nc(-c4cc5c(-c6cccnc6)ccnc5[nH]4)c3n2)c1. The summed E-state index contributed by atoms with van der Waals surface area (Å²) in [5.74, 6) is 0. The molecule has 0 radical (unpaired) electrons. The van der Waals surface area contributed by atoms with Gasteiger partial charge in [-0.15, -0.1) is 0 Å². The Morgan fingerprint density at radius 3 is 2.78 bits per heavy atom. The van der Waals surface area contributed by atoms with Gasteiger partial charge in [-0.1, -0.05) is 19.4 Å². The smallest absolute Gasteiger partial charge is 0.138 e. The summed E-state index contributed by atoms with van der Waals surface area (Å²) in [5, 5.41) is 21.8. The lowest BCUT2D eigenvalue weighted by molar-refractivity contribution is 0.192. The fourth-order valence-electron chi connectivity index (χ4n) is 4.37. The Bertz CT molecular complexity index is 1660. The van der Waals surface area contributed by atoms with Gasteiger partial charge in [-0.25, -0.2) is 9.97 Å². The molecule has 178 valence electrons. The second kappa shape index (κ2) is 9.20. The maximum Gasteiger partial charge on any atom is 0.138 e. The number of rotatable bonds is 7. The third-order valence-electron chi connectivity index (χ3n) is 6.10. The number of nitrogens with one attached hydrogen (secondary N) is 3. The van der Waals surface area contributed by atoms with E-state index in [1.54, 1.807) is 24.8 Å². The molecule has 0 aliphatic carbocycles. The molecule has 0 aliphatic rings. The van der Waals surface area contributed by atoms with Crippen LogP contribution in [0.4, 0.5) is 5.69 Å². The summed E-state index contributed by atoms with van der Waals surface area (Å²) in [6.45, 7) is 2.03. The Labute approximate surface area is 206 Å². The van der Waals surface area contributed by atoms with Crippen LogP contribution >= 0.6 is 0 Å². The van der Waals surface area contributed by atoms with Crippen molar-refractivity contribution in [2.75, 3.05) is 5.32 Å². The molecule has 0 aliphatic heterocycles. The van der Waals surface area contributed by atoms with Crippen LogP contribution in [0.15, 0.2) is 73.4 Å². The zero-order chi connectivity index (χ0) is 24.5. The van der Waals surface area contributed by atoms with Gasteiger partial charge in [0.1, 0.15) is 23.1 Å². The summed E-state index contributed by atoms with van der Waals surface area (Å²) in [7, 11) is 0. The summed E-state index contributed by atoms with van der Waals surface area (Å²) in [6.07, 6.45) is 9.78. The number of fused-ring (bicyclic) bond motifs is 2. The number of pyridine rings is 4. The fraction of sp³-hybridized carbons (Fsp3) is 0.148. The van der Waals surface area contributed by atoms with Gasteiger partial charge in [0.25, 0.3) is 0 Å². The Morgan fingerprint density at radius 2 is 1.92 bits per heavy atom. The Morgan fingerprint density at radius 1 is 1.00 bits per heavy atom. The molecule has 4 N–H and O–H groups in total. The molecule has 0 aromatic carbocycles.